The molecule has 0 saturated heterocycles. The van der Waals surface area contributed by atoms with Crippen molar-refractivity contribution < 1.29 is 19.4 Å². The predicted molar refractivity (Wildman–Crippen MR) is 82.2 cm³/mol. The molecule has 1 unspecified atom stereocenters. The lowest BCUT2D eigenvalue weighted by atomic mass is 10.1. The molecule has 0 aliphatic carbocycles. The van der Waals surface area contributed by atoms with Crippen LogP contribution >= 0.6 is 15.9 Å². The van der Waals surface area contributed by atoms with Crippen molar-refractivity contribution in [1.29, 1.82) is 0 Å². The van der Waals surface area contributed by atoms with Gasteiger partial charge in [-0.05, 0) is 24.6 Å². The van der Waals surface area contributed by atoms with Gasteiger partial charge in [0.1, 0.15) is 6.54 Å². The van der Waals surface area contributed by atoms with Crippen molar-refractivity contribution in [3.8, 4) is 0 Å². The van der Waals surface area contributed by atoms with Crippen molar-refractivity contribution in [1.82, 2.24) is 10.2 Å². The molecule has 1 atom stereocenters. The molecule has 2 amide bonds. The van der Waals surface area contributed by atoms with Gasteiger partial charge in [-0.15, -0.1) is 0 Å². The molecule has 1 aromatic carbocycles. The molecule has 6 nitrogen and oxygen atoms in total. The van der Waals surface area contributed by atoms with Crippen LogP contribution in [0.5, 0.6) is 0 Å². The van der Waals surface area contributed by atoms with E-state index in [1.807, 2.05) is 31.2 Å². The molecule has 0 aliphatic rings. The van der Waals surface area contributed by atoms with Crippen molar-refractivity contribution in [2.24, 2.45) is 0 Å². The molecule has 0 bridgehead atoms. The van der Waals surface area contributed by atoms with Crippen LogP contribution in [0.2, 0.25) is 0 Å². The zero-order valence-corrected chi connectivity index (χ0v) is 13.6. The van der Waals surface area contributed by atoms with E-state index in [2.05, 4.69) is 21.2 Å². The number of nitrogens with one attached hydrogen (secondary N) is 1. The molecule has 21 heavy (non-hydrogen) atoms. The molecule has 0 aromatic heterocycles. The monoisotopic (exact) mass is 358 g/mol. The average molecular weight is 359 g/mol. The molecule has 2 N–H and O–H groups in total. The summed E-state index contributed by atoms with van der Waals surface area (Å²) in [6.07, 6.45) is 0. The van der Waals surface area contributed by atoms with Gasteiger partial charge in [-0.3, -0.25) is 4.79 Å². The van der Waals surface area contributed by atoms with Crippen molar-refractivity contribution in [2.75, 3.05) is 26.8 Å². The van der Waals surface area contributed by atoms with E-state index in [4.69, 9.17) is 9.84 Å². The molecule has 7 heteroatoms. The Kier molecular flexibility index (Phi) is 7.18. The molecule has 0 heterocycles. The predicted octanol–water partition coefficient (Wildman–Crippen LogP) is 2.25. The quantitative estimate of drug-likeness (QED) is 0.783. The maximum Gasteiger partial charge on any atom is 0.323 e. The number of rotatable bonds is 7. The fourth-order valence-corrected chi connectivity index (χ4v) is 1.99. The first-order valence-electron chi connectivity index (χ1n) is 6.45. The number of halogens is 1. The molecule has 0 radical (unpaired) electrons. The van der Waals surface area contributed by atoms with Gasteiger partial charge in [0, 0.05) is 18.1 Å². The van der Waals surface area contributed by atoms with Crippen molar-refractivity contribution in [3.63, 3.8) is 0 Å². The molecule has 0 fully saturated rings. The van der Waals surface area contributed by atoms with E-state index in [0.29, 0.717) is 0 Å². The lowest BCUT2D eigenvalue weighted by molar-refractivity contribution is -0.137. The number of benzene rings is 1. The van der Waals surface area contributed by atoms with Gasteiger partial charge in [0.2, 0.25) is 0 Å². The summed E-state index contributed by atoms with van der Waals surface area (Å²) in [5.41, 5.74) is 0.938. The van der Waals surface area contributed by atoms with Crippen LogP contribution < -0.4 is 5.32 Å². The van der Waals surface area contributed by atoms with Crippen molar-refractivity contribution in [3.05, 3.63) is 34.3 Å². The zero-order chi connectivity index (χ0) is 15.8. The number of carbonyl (C=O) groups is 2. The van der Waals surface area contributed by atoms with Gasteiger partial charge in [-0.1, -0.05) is 28.1 Å². The Morgan fingerprint density at radius 2 is 2.00 bits per heavy atom. The SMILES string of the molecule is COCCN(CC(=O)O)C(=O)NC(C)c1ccc(Br)cc1. The van der Waals surface area contributed by atoms with E-state index < -0.39 is 12.0 Å². The number of amides is 2. The largest absolute Gasteiger partial charge is 0.480 e. The Morgan fingerprint density at radius 1 is 1.38 bits per heavy atom. The second-order valence-corrected chi connectivity index (χ2v) is 5.45. The topological polar surface area (TPSA) is 78.9 Å². The third-order valence-corrected chi connectivity index (χ3v) is 3.42. The van der Waals surface area contributed by atoms with Crippen LogP contribution in [0.3, 0.4) is 0 Å². The second-order valence-electron chi connectivity index (χ2n) is 4.53. The van der Waals surface area contributed by atoms with E-state index >= 15 is 0 Å². The average Bonchev–Trinajstić information content (AvgIpc) is 2.43. The molecule has 0 aliphatic heterocycles. The molecule has 0 spiro atoms. The number of carboxylic acids is 1. The van der Waals surface area contributed by atoms with E-state index in [9.17, 15) is 9.59 Å². The number of carbonyl (C=O) groups excluding carboxylic acids is 1. The highest BCUT2D eigenvalue weighted by Crippen LogP contribution is 2.16. The van der Waals surface area contributed by atoms with Crippen molar-refractivity contribution in [2.45, 2.75) is 13.0 Å². The smallest absolute Gasteiger partial charge is 0.323 e. The van der Waals surface area contributed by atoms with Crippen LogP contribution in [0.25, 0.3) is 0 Å². The molecular formula is C14H19BrN2O4. The Balaban J connectivity index is 2.66. The molecule has 116 valence electrons. The van der Waals surface area contributed by atoms with E-state index in [-0.39, 0.29) is 25.7 Å². The fourth-order valence-electron chi connectivity index (χ4n) is 1.73. The summed E-state index contributed by atoms with van der Waals surface area (Å²) in [4.78, 5) is 24.1. The standard InChI is InChI=1S/C14H19BrN2O4/c1-10(11-3-5-12(15)6-4-11)16-14(20)17(7-8-21-2)9-13(18)19/h3-6,10H,7-9H2,1-2H3,(H,16,20)(H,18,19). The summed E-state index contributed by atoms with van der Waals surface area (Å²) in [6.45, 7) is 1.99. The van der Waals surface area contributed by atoms with Gasteiger partial charge in [0.15, 0.2) is 0 Å². The van der Waals surface area contributed by atoms with Gasteiger partial charge in [-0.25, -0.2) is 4.79 Å². The van der Waals surface area contributed by atoms with Gasteiger partial charge < -0.3 is 20.1 Å². The summed E-state index contributed by atoms with van der Waals surface area (Å²) in [7, 11) is 1.50. The van der Waals surface area contributed by atoms with Crippen LogP contribution in [0.4, 0.5) is 4.79 Å². The number of hydrogen-bond donors (Lipinski definition) is 2. The highest BCUT2D eigenvalue weighted by atomic mass is 79.9. The van der Waals surface area contributed by atoms with Gasteiger partial charge in [0.25, 0.3) is 0 Å². The molecule has 1 rings (SSSR count). The van der Waals surface area contributed by atoms with E-state index in [0.717, 1.165) is 10.0 Å². The highest BCUT2D eigenvalue weighted by Gasteiger charge is 2.18. The molecule has 0 saturated carbocycles. The lowest BCUT2D eigenvalue weighted by Gasteiger charge is -2.23. The first-order chi connectivity index (χ1) is 9.93. The normalized spacial score (nSPS) is 11.8. The van der Waals surface area contributed by atoms with Crippen molar-refractivity contribution >= 4 is 27.9 Å². The third-order valence-electron chi connectivity index (χ3n) is 2.89. The summed E-state index contributed by atoms with van der Waals surface area (Å²) < 4.78 is 5.84. The van der Waals surface area contributed by atoms with E-state index in [1.54, 1.807) is 0 Å². The Bertz CT molecular complexity index is 478. The Labute approximate surface area is 132 Å². The number of carboxylic acid groups (broad SMARTS) is 1. The lowest BCUT2D eigenvalue weighted by Crippen LogP contribution is -2.45. The second kappa shape index (κ2) is 8.63. The van der Waals surface area contributed by atoms with Gasteiger partial charge >= 0.3 is 12.0 Å². The number of ether oxygens (including phenoxy) is 1. The first-order valence-corrected chi connectivity index (χ1v) is 7.25. The minimum atomic E-state index is -1.06. The molecule has 1 aromatic rings. The van der Waals surface area contributed by atoms with E-state index in [1.165, 1.54) is 12.0 Å². The first kappa shape index (κ1) is 17.5. The minimum absolute atomic E-state index is 0.218. The Morgan fingerprint density at radius 3 is 2.52 bits per heavy atom. The highest BCUT2D eigenvalue weighted by molar-refractivity contribution is 9.10. The Hall–Kier alpha value is -1.60. The number of hydrogen-bond acceptors (Lipinski definition) is 3. The van der Waals surface area contributed by atoms with Crippen LogP contribution in [-0.2, 0) is 9.53 Å². The fraction of sp³-hybridized carbons (Fsp3) is 0.429. The van der Waals surface area contributed by atoms with Crippen LogP contribution in [0, 0.1) is 0 Å². The number of aliphatic carboxylic acids is 1. The number of nitrogens with zero attached hydrogens (tertiary/aromatic N) is 1. The summed E-state index contributed by atoms with van der Waals surface area (Å²) in [5.74, 6) is -1.06. The summed E-state index contributed by atoms with van der Waals surface area (Å²) >= 11 is 3.35. The van der Waals surface area contributed by atoms with Crippen LogP contribution in [0.1, 0.15) is 18.5 Å². The number of urea groups is 1. The maximum absolute atomic E-state index is 12.1. The summed E-state index contributed by atoms with van der Waals surface area (Å²) in [5, 5.41) is 11.6. The van der Waals surface area contributed by atoms with Gasteiger partial charge in [-0.2, -0.15) is 0 Å². The third kappa shape index (κ3) is 6.14. The summed E-state index contributed by atoms with van der Waals surface area (Å²) in [6, 6.07) is 6.92. The van der Waals surface area contributed by atoms with Crippen LogP contribution in [-0.4, -0.2) is 48.8 Å². The number of methoxy groups -OCH3 is 1. The maximum atomic E-state index is 12.1. The zero-order valence-electron chi connectivity index (χ0n) is 12.0. The molecular weight excluding hydrogens is 340 g/mol. The van der Waals surface area contributed by atoms with Gasteiger partial charge in [0.05, 0.1) is 12.6 Å². The minimum Gasteiger partial charge on any atom is -0.480 e. The van der Waals surface area contributed by atoms with Crippen LogP contribution in [0.15, 0.2) is 28.7 Å².